The summed E-state index contributed by atoms with van der Waals surface area (Å²) < 4.78 is 0. The van der Waals surface area contributed by atoms with E-state index in [2.05, 4.69) is 11.9 Å². The van der Waals surface area contributed by atoms with E-state index in [0.29, 0.717) is 13.1 Å². The van der Waals surface area contributed by atoms with Crippen LogP contribution in [0.25, 0.3) is 0 Å². The number of hydrogen-bond acceptors (Lipinski definition) is 2. The van der Waals surface area contributed by atoms with Crippen LogP contribution in [0.5, 0.6) is 0 Å². The van der Waals surface area contributed by atoms with Gasteiger partial charge in [-0.1, -0.05) is 12.2 Å². The summed E-state index contributed by atoms with van der Waals surface area (Å²) in [5.74, 6) is -0.924. The lowest BCUT2D eigenvalue weighted by molar-refractivity contribution is -0.144. The average molecular weight is 254 g/mol. The molecule has 0 radical (unpaired) electrons. The third-order valence-electron chi connectivity index (χ3n) is 3.33. The molecule has 18 heavy (non-hydrogen) atoms. The highest BCUT2D eigenvalue weighted by Gasteiger charge is 2.49. The van der Waals surface area contributed by atoms with Crippen LogP contribution in [0, 0.1) is 5.92 Å². The second kappa shape index (κ2) is 5.42. The van der Waals surface area contributed by atoms with Gasteiger partial charge in [0.2, 0.25) is 0 Å². The fraction of sp³-hybridized carbons (Fsp3) is 0.692. The van der Waals surface area contributed by atoms with E-state index in [9.17, 15) is 14.7 Å². The van der Waals surface area contributed by atoms with Gasteiger partial charge >= 0.3 is 12.0 Å². The van der Waals surface area contributed by atoms with Crippen molar-refractivity contribution in [1.82, 2.24) is 10.2 Å². The molecule has 1 aliphatic rings. The molecule has 0 spiro atoms. The Labute approximate surface area is 108 Å². The number of carboxylic acids is 1. The van der Waals surface area contributed by atoms with Gasteiger partial charge in [0.25, 0.3) is 0 Å². The molecule has 0 aromatic rings. The first-order chi connectivity index (χ1) is 8.31. The van der Waals surface area contributed by atoms with E-state index in [-0.39, 0.29) is 11.9 Å². The number of carbonyl (C=O) groups excluding carboxylic acids is 1. The van der Waals surface area contributed by atoms with Crippen molar-refractivity contribution in [3.05, 3.63) is 12.2 Å². The molecule has 2 N–H and O–H groups in total. The molecule has 1 aliphatic carbocycles. The summed E-state index contributed by atoms with van der Waals surface area (Å²) in [5.41, 5.74) is -0.282. The summed E-state index contributed by atoms with van der Waals surface area (Å²) in [6, 6.07) is -0.336. The van der Waals surface area contributed by atoms with Crippen LogP contribution in [0.15, 0.2) is 12.2 Å². The van der Waals surface area contributed by atoms with Crippen molar-refractivity contribution in [2.24, 2.45) is 5.92 Å². The number of aliphatic carboxylic acids is 1. The van der Waals surface area contributed by atoms with Gasteiger partial charge in [-0.3, -0.25) is 0 Å². The van der Waals surface area contributed by atoms with Gasteiger partial charge in [-0.05, 0) is 39.5 Å². The largest absolute Gasteiger partial charge is 0.480 e. The number of likely N-dealkylation sites (N-methyl/N-ethyl adjacent to an activating group) is 1. The molecule has 0 saturated heterocycles. The van der Waals surface area contributed by atoms with Gasteiger partial charge in [-0.25, -0.2) is 9.59 Å². The van der Waals surface area contributed by atoms with Crippen molar-refractivity contribution in [2.45, 2.75) is 39.2 Å². The third kappa shape index (κ3) is 3.24. The summed E-state index contributed by atoms with van der Waals surface area (Å²) in [5, 5.41) is 11.9. The van der Waals surface area contributed by atoms with E-state index in [4.69, 9.17) is 0 Å². The van der Waals surface area contributed by atoms with Crippen LogP contribution in [0.1, 0.15) is 33.6 Å². The van der Waals surface area contributed by atoms with Gasteiger partial charge in [0.15, 0.2) is 0 Å². The van der Waals surface area contributed by atoms with Gasteiger partial charge in [0.1, 0.15) is 5.54 Å². The Kier molecular flexibility index (Phi) is 4.38. The maximum Gasteiger partial charge on any atom is 0.329 e. The van der Waals surface area contributed by atoms with Gasteiger partial charge < -0.3 is 15.3 Å². The van der Waals surface area contributed by atoms with Crippen molar-refractivity contribution in [1.29, 1.82) is 0 Å². The number of carboxylic acid groups (broad SMARTS) is 1. The normalized spacial score (nSPS) is 17.7. The summed E-state index contributed by atoms with van der Waals surface area (Å²) >= 11 is 0. The Morgan fingerprint density at radius 2 is 2.06 bits per heavy atom. The highest BCUT2D eigenvalue weighted by molar-refractivity contribution is 5.86. The Morgan fingerprint density at radius 3 is 2.39 bits per heavy atom. The van der Waals surface area contributed by atoms with E-state index in [1.54, 1.807) is 11.8 Å². The second-order valence-corrected chi connectivity index (χ2v) is 5.18. The van der Waals surface area contributed by atoms with Crippen molar-refractivity contribution in [3.8, 4) is 0 Å². The van der Waals surface area contributed by atoms with Crippen LogP contribution in [0.2, 0.25) is 0 Å². The molecule has 5 nitrogen and oxygen atoms in total. The fourth-order valence-corrected chi connectivity index (χ4v) is 1.95. The molecular weight excluding hydrogens is 232 g/mol. The molecule has 0 bridgehead atoms. The van der Waals surface area contributed by atoms with Crippen molar-refractivity contribution in [2.75, 3.05) is 13.1 Å². The minimum Gasteiger partial charge on any atom is -0.480 e. The highest BCUT2D eigenvalue weighted by atomic mass is 16.4. The molecule has 0 aromatic heterocycles. The number of urea groups is 1. The molecule has 1 rings (SSSR count). The van der Waals surface area contributed by atoms with Crippen LogP contribution in [-0.4, -0.2) is 40.6 Å². The Morgan fingerprint density at radius 1 is 1.50 bits per heavy atom. The standard InChI is InChI=1S/C13H22N2O3/c1-5-15(8-9(2)3)12(18)14-13(4,11(16)17)10-6-7-10/h10H,2,5-8H2,1,3-4H3,(H,14,18)(H,16,17). The van der Waals surface area contributed by atoms with E-state index in [1.807, 2.05) is 13.8 Å². The monoisotopic (exact) mass is 254 g/mol. The zero-order chi connectivity index (χ0) is 13.9. The number of nitrogens with one attached hydrogen (secondary N) is 1. The lowest BCUT2D eigenvalue weighted by atomic mass is 9.96. The van der Waals surface area contributed by atoms with Crippen LogP contribution in [0.3, 0.4) is 0 Å². The summed E-state index contributed by atoms with van der Waals surface area (Å²) in [7, 11) is 0. The summed E-state index contributed by atoms with van der Waals surface area (Å²) in [4.78, 5) is 25.0. The Balaban J connectivity index is 2.71. The lowest BCUT2D eigenvalue weighted by Gasteiger charge is -2.30. The average Bonchev–Trinajstić information content (AvgIpc) is 3.08. The van der Waals surface area contributed by atoms with Crippen molar-refractivity contribution >= 4 is 12.0 Å². The smallest absolute Gasteiger partial charge is 0.329 e. The van der Waals surface area contributed by atoms with Crippen LogP contribution in [-0.2, 0) is 4.79 Å². The van der Waals surface area contributed by atoms with Crippen molar-refractivity contribution < 1.29 is 14.7 Å². The van der Waals surface area contributed by atoms with Crippen LogP contribution in [0.4, 0.5) is 4.79 Å². The topological polar surface area (TPSA) is 69.6 Å². The van der Waals surface area contributed by atoms with Crippen LogP contribution < -0.4 is 5.32 Å². The van der Waals surface area contributed by atoms with E-state index < -0.39 is 11.5 Å². The molecule has 0 heterocycles. The Hall–Kier alpha value is -1.52. The van der Waals surface area contributed by atoms with Gasteiger partial charge in [0.05, 0.1) is 0 Å². The first-order valence-electron chi connectivity index (χ1n) is 6.26. The van der Waals surface area contributed by atoms with Gasteiger partial charge in [-0.15, -0.1) is 0 Å². The maximum atomic E-state index is 12.1. The molecule has 0 aromatic carbocycles. The number of nitrogens with zero attached hydrogens (tertiary/aromatic N) is 1. The summed E-state index contributed by atoms with van der Waals surface area (Å²) in [6.45, 7) is 10.0. The third-order valence-corrected chi connectivity index (χ3v) is 3.33. The van der Waals surface area contributed by atoms with Crippen molar-refractivity contribution in [3.63, 3.8) is 0 Å². The predicted octanol–water partition coefficient (Wildman–Crippen LogP) is 1.85. The quantitative estimate of drug-likeness (QED) is 0.711. The number of carbonyl (C=O) groups is 2. The first kappa shape index (κ1) is 14.5. The van der Waals surface area contributed by atoms with Crippen LogP contribution >= 0.6 is 0 Å². The number of hydrogen-bond donors (Lipinski definition) is 2. The molecule has 102 valence electrons. The predicted molar refractivity (Wildman–Crippen MR) is 69.4 cm³/mol. The molecule has 5 heteroatoms. The molecule has 2 amide bonds. The van der Waals surface area contributed by atoms with E-state index >= 15 is 0 Å². The van der Waals surface area contributed by atoms with E-state index in [1.165, 1.54) is 0 Å². The molecule has 1 fully saturated rings. The van der Waals surface area contributed by atoms with Gasteiger partial charge in [-0.2, -0.15) is 0 Å². The minimum absolute atomic E-state index is 0.0440. The SMILES string of the molecule is C=C(C)CN(CC)C(=O)NC(C)(C(=O)O)C1CC1. The molecule has 1 saturated carbocycles. The lowest BCUT2D eigenvalue weighted by Crippen LogP contribution is -2.57. The summed E-state index contributed by atoms with van der Waals surface area (Å²) in [6.07, 6.45) is 1.71. The zero-order valence-corrected chi connectivity index (χ0v) is 11.3. The molecule has 1 atom stereocenters. The first-order valence-corrected chi connectivity index (χ1v) is 6.26. The minimum atomic E-state index is -1.15. The second-order valence-electron chi connectivity index (χ2n) is 5.18. The molecular formula is C13H22N2O3. The van der Waals surface area contributed by atoms with E-state index in [0.717, 1.165) is 18.4 Å². The fourth-order valence-electron chi connectivity index (χ4n) is 1.95. The molecule has 0 aliphatic heterocycles. The number of rotatable bonds is 6. The zero-order valence-electron chi connectivity index (χ0n) is 11.3. The Bertz CT molecular complexity index is 363. The molecule has 1 unspecified atom stereocenters. The highest BCUT2D eigenvalue weighted by Crippen LogP contribution is 2.39. The van der Waals surface area contributed by atoms with Gasteiger partial charge in [0, 0.05) is 13.1 Å². The maximum absolute atomic E-state index is 12.1. The number of amides is 2.